The molecule has 0 aliphatic carbocycles. The molecular formula is C12H19N3O3S. The molecule has 1 rings (SSSR count). The predicted molar refractivity (Wildman–Crippen MR) is 75.5 cm³/mol. The van der Waals surface area contributed by atoms with Crippen molar-refractivity contribution in [2.45, 2.75) is 24.2 Å². The zero-order valence-electron chi connectivity index (χ0n) is 10.8. The molecule has 5 N–H and O–H groups in total. The average molecular weight is 285 g/mol. The summed E-state index contributed by atoms with van der Waals surface area (Å²) in [4.78, 5) is 10.7. The molecule has 0 aliphatic heterocycles. The van der Waals surface area contributed by atoms with Gasteiger partial charge in [0, 0.05) is 19.2 Å². The Kier molecular flexibility index (Phi) is 5.17. The molecule has 1 amide bonds. The lowest BCUT2D eigenvalue weighted by Crippen LogP contribution is -2.11. The highest BCUT2D eigenvalue weighted by molar-refractivity contribution is 7.90. The van der Waals surface area contributed by atoms with Crippen LogP contribution < -0.4 is 16.8 Å². The quantitative estimate of drug-likeness (QED) is 0.505. The molecular weight excluding hydrogens is 266 g/mol. The number of nitrogens with two attached hydrogens (primary N) is 2. The summed E-state index contributed by atoms with van der Waals surface area (Å²) in [6.07, 6.45) is 3.00. The number of nitrogens with one attached hydrogen (secondary N) is 1. The van der Waals surface area contributed by atoms with E-state index in [2.05, 4.69) is 5.32 Å². The summed E-state index contributed by atoms with van der Waals surface area (Å²) >= 11 is 0. The van der Waals surface area contributed by atoms with Crippen molar-refractivity contribution in [2.75, 3.05) is 23.9 Å². The van der Waals surface area contributed by atoms with Crippen LogP contribution in [0.25, 0.3) is 0 Å². The molecule has 0 heterocycles. The Morgan fingerprint density at radius 3 is 2.53 bits per heavy atom. The van der Waals surface area contributed by atoms with Gasteiger partial charge >= 0.3 is 0 Å². The number of rotatable bonds is 7. The predicted octanol–water partition coefficient (Wildman–Crippen LogP) is 0.740. The van der Waals surface area contributed by atoms with E-state index in [4.69, 9.17) is 11.5 Å². The second kappa shape index (κ2) is 6.42. The molecule has 0 aliphatic rings. The second-order valence-corrected chi connectivity index (χ2v) is 6.39. The molecule has 0 aromatic heterocycles. The van der Waals surface area contributed by atoms with Gasteiger partial charge in [0.25, 0.3) is 0 Å². The molecule has 19 heavy (non-hydrogen) atoms. The van der Waals surface area contributed by atoms with E-state index in [-0.39, 0.29) is 10.8 Å². The van der Waals surface area contributed by atoms with Gasteiger partial charge in [0.15, 0.2) is 9.84 Å². The van der Waals surface area contributed by atoms with Crippen molar-refractivity contribution in [1.29, 1.82) is 0 Å². The Hall–Kier alpha value is -1.76. The van der Waals surface area contributed by atoms with Crippen LogP contribution in [0.15, 0.2) is 23.1 Å². The average Bonchev–Trinajstić information content (AvgIpc) is 2.28. The van der Waals surface area contributed by atoms with Crippen molar-refractivity contribution in [1.82, 2.24) is 0 Å². The number of unbranched alkanes of at least 4 members (excludes halogenated alkanes) is 1. The molecule has 1 aromatic carbocycles. The zero-order valence-corrected chi connectivity index (χ0v) is 11.7. The normalized spacial score (nSPS) is 11.2. The lowest BCUT2D eigenvalue weighted by Gasteiger charge is -2.10. The van der Waals surface area contributed by atoms with E-state index in [1.54, 1.807) is 6.07 Å². The number of carbonyl (C=O) groups is 1. The number of anilines is 2. The molecule has 0 fully saturated rings. The fourth-order valence-electron chi connectivity index (χ4n) is 1.58. The van der Waals surface area contributed by atoms with Gasteiger partial charge in [0.1, 0.15) is 0 Å². The largest absolute Gasteiger partial charge is 0.397 e. The minimum Gasteiger partial charge on any atom is -0.397 e. The first-order chi connectivity index (χ1) is 8.80. The number of benzene rings is 1. The van der Waals surface area contributed by atoms with E-state index >= 15 is 0 Å². The van der Waals surface area contributed by atoms with Crippen molar-refractivity contribution in [3.63, 3.8) is 0 Å². The van der Waals surface area contributed by atoms with E-state index in [9.17, 15) is 13.2 Å². The molecule has 0 atom stereocenters. The summed E-state index contributed by atoms with van der Waals surface area (Å²) in [6, 6.07) is 4.58. The Bertz CT molecular complexity index is 555. The van der Waals surface area contributed by atoms with Crippen LogP contribution in [-0.4, -0.2) is 27.1 Å². The molecule has 0 radical (unpaired) electrons. The molecule has 1 aromatic rings. The summed E-state index contributed by atoms with van der Waals surface area (Å²) in [7, 11) is -3.24. The van der Waals surface area contributed by atoms with Gasteiger partial charge in [0.05, 0.1) is 16.3 Å². The van der Waals surface area contributed by atoms with Gasteiger partial charge in [0.2, 0.25) is 5.91 Å². The van der Waals surface area contributed by atoms with Gasteiger partial charge in [-0.05, 0) is 31.0 Å². The van der Waals surface area contributed by atoms with Crippen LogP contribution in [0.3, 0.4) is 0 Å². The van der Waals surface area contributed by atoms with Crippen LogP contribution in [-0.2, 0) is 14.6 Å². The number of primary amides is 1. The lowest BCUT2D eigenvalue weighted by molar-refractivity contribution is -0.118. The maximum absolute atomic E-state index is 11.3. The van der Waals surface area contributed by atoms with Gasteiger partial charge in [-0.25, -0.2) is 8.42 Å². The number of sulfone groups is 1. The van der Waals surface area contributed by atoms with E-state index in [1.165, 1.54) is 12.1 Å². The molecule has 7 heteroatoms. The smallest absolute Gasteiger partial charge is 0.217 e. The number of carbonyl (C=O) groups excluding carboxylic acids is 1. The fraction of sp³-hybridized carbons (Fsp3) is 0.417. The monoisotopic (exact) mass is 285 g/mol. The number of hydrogen-bond acceptors (Lipinski definition) is 5. The first-order valence-electron chi connectivity index (χ1n) is 5.92. The first kappa shape index (κ1) is 15.3. The Morgan fingerprint density at radius 2 is 2.00 bits per heavy atom. The van der Waals surface area contributed by atoms with Crippen LogP contribution in [0, 0.1) is 0 Å². The summed E-state index contributed by atoms with van der Waals surface area (Å²) in [5.74, 6) is -0.308. The van der Waals surface area contributed by atoms with Gasteiger partial charge in [-0.3, -0.25) is 4.79 Å². The summed E-state index contributed by atoms with van der Waals surface area (Å²) < 4.78 is 22.7. The highest BCUT2D eigenvalue weighted by atomic mass is 32.2. The molecule has 0 saturated carbocycles. The van der Waals surface area contributed by atoms with Crippen molar-refractivity contribution < 1.29 is 13.2 Å². The highest BCUT2D eigenvalue weighted by Gasteiger charge is 2.09. The third-order valence-electron chi connectivity index (χ3n) is 2.62. The van der Waals surface area contributed by atoms with Crippen LogP contribution in [0.2, 0.25) is 0 Å². The number of hydrogen-bond donors (Lipinski definition) is 3. The van der Waals surface area contributed by atoms with Gasteiger partial charge in [-0.1, -0.05) is 0 Å². The highest BCUT2D eigenvalue weighted by Crippen LogP contribution is 2.22. The van der Waals surface area contributed by atoms with Gasteiger partial charge < -0.3 is 16.8 Å². The van der Waals surface area contributed by atoms with Crippen LogP contribution in [0.4, 0.5) is 11.4 Å². The van der Waals surface area contributed by atoms with E-state index in [1.807, 2.05) is 0 Å². The van der Waals surface area contributed by atoms with Gasteiger partial charge in [-0.15, -0.1) is 0 Å². The van der Waals surface area contributed by atoms with Gasteiger partial charge in [-0.2, -0.15) is 0 Å². The summed E-state index contributed by atoms with van der Waals surface area (Å²) in [6.45, 7) is 0.649. The molecule has 0 saturated heterocycles. The Morgan fingerprint density at radius 1 is 1.32 bits per heavy atom. The zero-order chi connectivity index (χ0) is 14.5. The van der Waals surface area contributed by atoms with Crippen molar-refractivity contribution in [3.05, 3.63) is 18.2 Å². The van der Waals surface area contributed by atoms with E-state index < -0.39 is 9.84 Å². The standard InChI is InChI=1S/C12H19N3O3S/c1-19(17,18)9-5-6-11(10(13)8-9)15-7-3-2-4-12(14)16/h5-6,8,15H,2-4,7,13H2,1H3,(H2,14,16). The minimum absolute atomic E-state index is 0.198. The Balaban J connectivity index is 2.54. The molecule has 106 valence electrons. The summed E-state index contributed by atoms with van der Waals surface area (Å²) in [5, 5.41) is 3.09. The van der Waals surface area contributed by atoms with Crippen LogP contribution in [0.5, 0.6) is 0 Å². The maximum atomic E-state index is 11.3. The van der Waals surface area contributed by atoms with Crippen molar-refractivity contribution >= 4 is 27.1 Å². The fourth-order valence-corrected chi connectivity index (χ4v) is 2.24. The first-order valence-corrected chi connectivity index (χ1v) is 7.81. The van der Waals surface area contributed by atoms with Crippen molar-refractivity contribution in [2.24, 2.45) is 5.73 Å². The van der Waals surface area contributed by atoms with Crippen LogP contribution >= 0.6 is 0 Å². The van der Waals surface area contributed by atoms with Crippen LogP contribution in [0.1, 0.15) is 19.3 Å². The number of nitrogen functional groups attached to an aromatic ring is 1. The minimum atomic E-state index is -3.24. The second-order valence-electron chi connectivity index (χ2n) is 4.37. The SMILES string of the molecule is CS(=O)(=O)c1ccc(NCCCCC(N)=O)c(N)c1. The topological polar surface area (TPSA) is 115 Å². The van der Waals surface area contributed by atoms with Crippen molar-refractivity contribution in [3.8, 4) is 0 Å². The maximum Gasteiger partial charge on any atom is 0.217 e. The molecule has 0 bridgehead atoms. The molecule has 6 nitrogen and oxygen atoms in total. The third kappa shape index (κ3) is 5.17. The van der Waals surface area contributed by atoms with E-state index in [0.29, 0.717) is 30.8 Å². The summed E-state index contributed by atoms with van der Waals surface area (Å²) in [5.41, 5.74) is 11.9. The lowest BCUT2D eigenvalue weighted by atomic mass is 10.2. The van der Waals surface area contributed by atoms with E-state index in [0.717, 1.165) is 12.7 Å². The molecule has 0 spiro atoms. The Labute approximate surface area is 113 Å². The third-order valence-corrected chi connectivity index (χ3v) is 3.73. The number of amides is 1. The molecule has 0 unspecified atom stereocenters.